The minimum absolute atomic E-state index is 0.117. The number of ether oxygens (including phenoxy) is 1. The van der Waals surface area contributed by atoms with Crippen LogP contribution in [-0.2, 0) is 6.54 Å². The van der Waals surface area contributed by atoms with Crippen molar-refractivity contribution in [1.82, 2.24) is 9.78 Å². The number of hydrogen-bond donors (Lipinski definition) is 1. The van der Waals surface area contributed by atoms with Crippen LogP contribution in [0.15, 0.2) is 72.9 Å². The Kier molecular flexibility index (Phi) is 8.21. The minimum Gasteiger partial charge on any atom is -0.495 e. The molecule has 2 heterocycles. The van der Waals surface area contributed by atoms with E-state index >= 15 is 0 Å². The maximum atomic E-state index is 13.8. The Balaban J connectivity index is 1.34. The van der Waals surface area contributed by atoms with Crippen LogP contribution in [0.3, 0.4) is 0 Å². The third kappa shape index (κ3) is 6.17. The second-order valence-corrected chi connectivity index (χ2v) is 16.3. The largest absolute Gasteiger partial charge is 0.495 e. The summed E-state index contributed by atoms with van der Waals surface area (Å²) in [5.41, 5.74) is 6.78. The van der Waals surface area contributed by atoms with E-state index in [0.717, 1.165) is 5.56 Å². The van der Waals surface area contributed by atoms with E-state index in [-0.39, 0.29) is 34.6 Å². The van der Waals surface area contributed by atoms with E-state index in [0.29, 0.717) is 34.8 Å². The molecule has 44 heavy (non-hydrogen) atoms. The molecule has 3 aromatic carbocycles. The number of anilines is 2. The standard InChI is InChI=1S/C34H31N5O4Si/c1-22-21-38-31(29(20-36-38)33(41)37-27-12-15-30(43-2)26(18-27)19-35)34(42)39(22)28-13-10-25(11-14-28)32(40)24-8-6-23(7-9-24)16-17-44(3,4)5/h6-15,18,20,22H,21H2,1-5H3,(H,37,41). The van der Waals surface area contributed by atoms with Crippen molar-refractivity contribution < 1.29 is 19.1 Å². The summed E-state index contributed by atoms with van der Waals surface area (Å²) < 4.78 is 6.70. The highest BCUT2D eigenvalue weighted by Crippen LogP contribution is 2.28. The maximum Gasteiger partial charge on any atom is 0.277 e. The lowest BCUT2D eigenvalue weighted by molar-refractivity contribution is 0.0933. The molecule has 10 heteroatoms. The number of nitriles is 1. The molecule has 0 saturated carbocycles. The van der Waals surface area contributed by atoms with Crippen molar-refractivity contribution in [3.8, 4) is 23.3 Å². The number of amides is 2. The lowest BCUT2D eigenvalue weighted by atomic mass is 10.0. The molecule has 9 nitrogen and oxygen atoms in total. The Morgan fingerprint density at radius 3 is 2.30 bits per heavy atom. The van der Waals surface area contributed by atoms with Gasteiger partial charge >= 0.3 is 0 Å². The quantitative estimate of drug-likeness (QED) is 0.177. The number of carbonyl (C=O) groups is 3. The van der Waals surface area contributed by atoms with E-state index < -0.39 is 14.0 Å². The monoisotopic (exact) mass is 601 g/mol. The first-order valence-electron chi connectivity index (χ1n) is 14.1. The van der Waals surface area contributed by atoms with Gasteiger partial charge in [-0.15, -0.1) is 5.54 Å². The summed E-state index contributed by atoms with van der Waals surface area (Å²) in [6.45, 7) is 8.82. The number of aromatic nitrogens is 2. The van der Waals surface area contributed by atoms with Crippen molar-refractivity contribution in [2.75, 3.05) is 17.3 Å². The Morgan fingerprint density at radius 1 is 1.02 bits per heavy atom. The van der Waals surface area contributed by atoms with Crippen molar-refractivity contribution in [3.63, 3.8) is 0 Å². The smallest absolute Gasteiger partial charge is 0.277 e. The zero-order valence-corrected chi connectivity index (χ0v) is 26.1. The molecule has 0 saturated heterocycles. The molecule has 0 radical (unpaired) electrons. The van der Waals surface area contributed by atoms with Crippen molar-refractivity contribution in [1.29, 1.82) is 5.26 Å². The van der Waals surface area contributed by atoms with Crippen LogP contribution in [0.5, 0.6) is 5.75 Å². The van der Waals surface area contributed by atoms with E-state index in [1.54, 1.807) is 53.4 Å². The molecular weight excluding hydrogens is 570 g/mol. The predicted molar refractivity (Wildman–Crippen MR) is 171 cm³/mol. The summed E-state index contributed by atoms with van der Waals surface area (Å²) in [5.74, 6) is 2.55. The number of hydrogen-bond acceptors (Lipinski definition) is 6. The molecule has 0 aliphatic carbocycles. The van der Waals surface area contributed by atoms with E-state index in [1.165, 1.54) is 24.1 Å². The number of benzene rings is 3. The zero-order chi connectivity index (χ0) is 31.6. The summed E-state index contributed by atoms with van der Waals surface area (Å²) in [6, 6.07) is 20.6. The summed E-state index contributed by atoms with van der Waals surface area (Å²) in [5, 5.41) is 16.4. The first kappa shape index (κ1) is 30.0. The lowest BCUT2D eigenvalue weighted by Crippen LogP contribution is -2.47. The van der Waals surface area contributed by atoms with Crippen LogP contribution in [0.2, 0.25) is 19.6 Å². The van der Waals surface area contributed by atoms with Crippen molar-refractivity contribution in [3.05, 3.63) is 106 Å². The van der Waals surface area contributed by atoms with Crippen molar-refractivity contribution in [2.45, 2.75) is 39.2 Å². The van der Waals surface area contributed by atoms with E-state index in [1.807, 2.05) is 25.1 Å². The Labute approximate surface area is 257 Å². The van der Waals surface area contributed by atoms with Gasteiger partial charge in [-0.2, -0.15) is 10.4 Å². The molecule has 1 aliphatic heterocycles. The topological polar surface area (TPSA) is 117 Å². The van der Waals surface area contributed by atoms with E-state index in [9.17, 15) is 19.6 Å². The van der Waals surface area contributed by atoms with Gasteiger partial charge in [-0.3, -0.25) is 19.1 Å². The van der Waals surface area contributed by atoms with Gasteiger partial charge in [-0.25, -0.2) is 0 Å². The van der Waals surface area contributed by atoms with Crippen molar-refractivity contribution in [2.24, 2.45) is 0 Å². The fourth-order valence-electron chi connectivity index (χ4n) is 4.91. The zero-order valence-electron chi connectivity index (χ0n) is 25.1. The fourth-order valence-corrected chi connectivity index (χ4v) is 5.43. The first-order chi connectivity index (χ1) is 21.0. The Bertz CT molecular complexity index is 1870. The highest BCUT2D eigenvalue weighted by atomic mass is 28.3. The number of ketones is 1. The molecule has 4 aromatic rings. The Morgan fingerprint density at radius 2 is 1.68 bits per heavy atom. The molecule has 0 fully saturated rings. The SMILES string of the molecule is COc1ccc(NC(=O)c2cnn3c2C(=O)N(c2ccc(C(=O)c4ccc(C#C[Si](C)(C)C)cc4)cc2)C(C)C3)cc1C#N. The van der Waals surface area contributed by atoms with Gasteiger partial charge in [-0.1, -0.05) is 25.6 Å². The maximum absolute atomic E-state index is 13.8. The number of nitrogens with zero attached hydrogens (tertiary/aromatic N) is 4. The summed E-state index contributed by atoms with van der Waals surface area (Å²) >= 11 is 0. The lowest BCUT2D eigenvalue weighted by Gasteiger charge is -2.34. The van der Waals surface area contributed by atoms with Gasteiger partial charge in [0.25, 0.3) is 11.8 Å². The van der Waals surface area contributed by atoms with E-state index in [2.05, 4.69) is 41.5 Å². The van der Waals surface area contributed by atoms with Gasteiger partial charge in [0.15, 0.2) is 5.78 Å². The van der Waals surface area contributed by atoms with E-state index in [4.69, 9.17) is 4.74 Å². The molecule has 1 unspecified atom stereocenters. The van der Waals surface area contributed by atoms with Crippen LogP contribution in [0.25, 0.3) is 0 Å². The molecule has 0 bridgehead atoms. The first-order valence-corrected chi connectivity index (χ1v) is 17.6. The highest BCUT2D eigenvalue weighted by molar-refractivity contribution is 6.83. The molecule has 5 rings (SSSR count). The number of methoxy groups -OCH3 is 1. The molecule has 0 spiro atoms. The van der Waals surface area contributed by atoms with Gasteiger partial charge in [0.05, 0.1) is 37.0 Å². The van der Waals surface area contributed by atoms with Gasteiger partial charge in [-0.05, 0) is 73.7 Å². The molecule has 2 amide bonds. The van der Waals surface area contributed by atoms with Gasteiger partial charge in [0.1, 0.15) is 25.6 Å². The summed E-state index contributed by atoms with van der Waals surface area (Å²) in [7, 11) is -0.0390. The fraction of sp³-hybridized carbons (Fsp3) is 0.206. The summed E-state index contributed by atoms with van der Waals surface area (Å²) in [4.78, 5) is 41.8. The molecule has 1 atom stereocenters. The van der Waals surface area contributed by atoms with Crippen LogP contribution in [0.4, 0.5) is 11.4 Å². The molecule has 1 N–H and O–H groups in total. The molecule has 220 valence electrons. The van der Waals surface area contributed by atoms with Gasteiger partial charge in [0, 0.05) is 28.1 Å². The third-order valence-electron chi connectivity index (χ3n) is 7.10. The van der Waals surface area contributed by atoms with Gasteiger partial charge < -0.3 is 15.0 Å². The molecular formula is C34H31N5O4Si. The number of rotatable bonds is 6. The number of fused-ring (bicyclic) bond motifs is 1. The number of nitrogens with one attached hydrogen (secondary N) is 1. The second kappa shape index (κ2) is 12.0. The van der Waals surface area contributed by atoms with Crippen LogP contribution in [0.1, 0.15) is 54.8 Å². The average Bonchev–Trinajstić information content (AvgIpc) is 3.44. The van der Waals surface area contributed by atoms with Crippen LogP contribution < -0.4 is 15.0 Å². The van der Waals surface area contributed by atoms with Crippen LogP contribution >= 0.6 is 0 Å². The third-order valence-corrected chi connectivity index (χ3v) is 7.97. The normalized spacial score (nSPS) is 14.1. The van der Waals surface area contributed by atoms with Crippen LogP contribution in [0, 0.1) is 22.8 Å². The average molecular weight is 602 g/mol. The number of carbonyl (C=O) groups excluding carboxylic acids is 3. The highest BCUT2D eigenvalue weighted by Gasteiger charge is 2.36. The minimum atomic E-state index is -1.50. The van der Waals surface area contributed by atoms with Crippen molar-refractivity contribution >= 4 is 37.0 Å². The molecule has 1 aliphatic rings. The van der Waals surface area contributed by atoms with Gasteiger partial charge in [0.2, 0.25) is 0 Å². The Hall–Kier alpha value is -5.45. The summed E-state index contributed by atoms with van der Waals surface area (Å²) in [6.07, 6.45) is 1.37. The molecule has 1 aromatic heterocycles. The second-order valence-electron chi connectivity index (χ2n) is 11.5. The predicted octanol–water partition coefficient (Wildman–Crippen LogP) is 5.52. The van der Waals surface area contributed by atoms with Crippen LogP contribution in [-0.4, -0.2) is 48.6 Å².